The van der Waals surface area contributed by atoms with Crippen molar-refractivity contribution in [1.29, 1.82) is 0 Å². The van der Waals surface area contributed by atoms with Crippen molar-refractivity contribution >= 4 is 32.6 Å². The van der Waals surface area contributed by atoms with Gasteiger partial charge in [0.2, 0.25) is 0 Å². The van der Waals surface area contributed by atoms with E-state index in [0.29, 0.717) is 19.7 Å². The minimum absolute atomic E-state index is 0.0239. The van der Waals surface area contributed by atoms with Crippen LogP contribution in [0, 0.1) is 6.92 Å². The molecule has 4 rings (SSSR count). The number of ether oxygens (including phenoxy) is 2. The molecule has 1 amide bonds. The molecule has 7 heteroatoms. The number of para-hydroxylation sites is 2. The van der Waals surface area contributed by atoms with Crippen molar-refractivity contribution in [3.63, 3.8) is 0 Å². The Balaban J connectivity index is 1.35. The van der Waals surface area contributed by atoms with Gasteiger partial charge in [-0.25, -0.2) is 4.98 Å². The maximum absolute atomic E-state index is 12.5. The quantitative estimate of drug-likeness (QED) is 0.619. The van der Waals surface area contributed by atoms with Crippen LogP contribution in [0.3, 0.4) is 0 Å². The lowest BCUT2D eigenvalue weighted by Gasteiger charge is -2.34. The Morgan fingerprint density at radius 1 is 1.03 bits per heavy atom. The summed E-state index contributed by atoms with van der Waals surface area (Å²) in [6.45, 7) is 7.52. The van der Waals surface area contributed by atoms with Gasteiger partial charge < -0.3 is 19.3 Å². The van der Waals surface area contributed by atoms with Crippen LogP contribution in [0.15, 0.2) is 42.5 Å². The number of aromatic nitrogens is 1. The maximum Gasteiger partial charge on any atom is 0.260 e. The molecule has 0 bridgehead atoms. The first-order valence-electron chi connectivity index (χ1n) is 9.89. The topological polar surface area (TPSA) is 54.9 Å². The molecule has 0 saturated carbocycles. The number of carbonyl (C=O) groups is 1. The molecular formula is C22H25N3O3S. The standard InChI is InChI=1S/C22H25N3O3S/c1-3-27-18-9-6-10-19-21(18)23-22(29-19)25-13-11-24(12-14-25)20(26)15-28-17-8-5-4-7-16(17)2/h4-10H,3,11-15H2,1-2H3. The summed E-state index contributed by atoms with van der Waals surface area (Å²) < 4.78 is 12.5. The van der Waals surface area contributed by atoms with Crippen molar-refractivity contribution in [1.82, 2.24) is 9.88 Å². The number of benzene rings is 2. The van der Waals surface area contributed by atoms with Crippen LogP contribution in [0.5, 0.6) is 11.5 Å². The molecule has 0 aliphatic carbocycles. The molecule has 0 radical (unpaired) electrons. The lowest BCUT2D eigenvalue weighted by molar-refractivity contribution is -0.133. The molecule has 0 spiro atoms. The van der Waals surface area contributed by atoms with Crippen LogP contribution in [0.1, 0.15) is 12.5 Å². The summed E-state index contributed by atoms with van der Waals surface area (Å²) in [4.78, 5) is 21.4. The van der Waals surface area contributed by atoms with Crippen molar-refractivity contribution in [2.24, 2.45) is 0 Å². The van der Waals surface area contributed by atoms with E-state index in [2.05, 4.69) is 11.0 Å². The first-order valence-corrected chi connectivity index (χ1v) is 10.7. The number of piperazine rings is 1. The number of aryl methyl sites for hydroxylation is 1. The number of amides is 1. The third-order valence-electron chi connectivity index (χ3n) is 5.02. The van der Waals surface area contributed by atoms with E-state index in [1.807, 2.05) is 55.1 Å². The van der Waals surface area contributed by atoms with E-state index in [4.69, 9.17) is 14.5 Å². The highest BCUT2D eigenvalue weighted by Crippen LogP contribution is 2.34. The largest absolute Gasteiger partial charge is 0.492 e. The molecule has 1 fully saturated rings. The highest BCUT2D eigenvalue weighted by molar-refractivity contribution is 7.22. The monoisotopic (exact) mass is 411 g/mol. The van der Waals surface area contributed by atoms with Gasteiger partial charge >= 0.3 is 0 Å². The van der Waals surface area contributed by atoms with E-state index >= 15 is 0 Å². The minimum Gasteiger partial charge on any atom is -0.492 e. The summed E-state index contributed by atoms with van der Waals surface area (Å²) >= 11 is 1.67. The third-order valence-corrected chi connectivity index (χ3v) is 6.10. The average Bonchev–Trinajstić information content (AvgIpc) is 3.19. The molecule has 152 valence electrons. The summed E-state index contributed by atoms with van der Waals surface area (Å²) in [6.07, 6.45) is 0. The second-order valence-corrected chi connectivity index (χ2v) is 7.96. The fourth-order valence-electron chi connectivity index (χ4n) is 3.42. The molecule has 6 nitrogen and oxygen atoms in total. The summed E-state index contributed by atoms with van der Waals surface area (Å²) in [7, 11) is 0. The van der Waals surface area contributed by atoms with Crippen molar-refractivity contribution in [3.05, 3.63) is 48.0 Å². The molecule has 1 aromatic heterocycles. The van der Waals surface area contributed by atoms with Gasteiger partial charge in [-0.1, -0.05) is 35.6 Å². The molecular weight excluding hydrogens is 386 g/mol. The summed E-state index contributed by atoms with van der Waals surface area (Å²) in [6, 6.07) is 13.8. The van der Waals surface area contributed by atoms with Crippen molar-refractivity contribution in [2.45, 2.75) is 13.8 Å². The number of anilines is 1. The Kier molecular flexibility index (Phi) is 5.85. The van der Waals surface area contributed by atoms with Gasteiger partial charge in [0.05, 0.1) is 11.3 Å². The number of nitrogens with zero attached hydrogens (tertiary/aromatic N) is 3. The first-order chi connectivity index (χ1) is 14.2. The summed E-state index contributed by atoms with van der Waals surface area (Å²) in [5, 5.41) is 0.982. The fraction of sp³-hybridized carbons (Fsp3) is 0.364. The smallest absolute Gasteiger partial charge is 0.260 e. The second-order valence-electron chi connectivity index (χ2n) is 6.95. The van der Waals surface area contributed by atoms with Crippen LogP contribution in [0.4, 0.5) is 5.13 Å². The maximum atomic E-state index is 12.5. The third kappa shape index (κ3) is 4.29. The zero-order valence-corrected chi connectivity index (χ0v) is 17.6. The Labute approximate surface area is 174 Å². The molecule has 3 aromatic rings. The predicted octanol–water partition coefficient (Wildman–Crippen LogP) is 3.73. The number of fused-ring (bicyclic) bond motifs is 1. The molecule has 1 aliphatic rings. The zero-order chi connectivity index (χ0) is 20.2. The van der Waals surface area contributed by atoms with Gasteiger partial charge in [-0.2, -0.15) is 0 Å². The highest BCUT2D eigenvalue weighted by atomic mass is 32.1. The molecule has 1 aliphatic heterocycles. The number of rotatable bonds is 6. The number of thiazole rings is 1. The van der Waals surface area contributed by atoms with Gasteiger partial charge in [-0.15, -0.1) is 0 Å². The van der Waals surface area contributed by atoms with Gasteiger partial charge in [-0.05, 0) is 37.6 Å². The fourth-order valence-corrected chi connectivity index (χ4v) is 4.45. The highest BCUT2D eigenvalue weighted by Gasteiger charge is 2.24. The SMILES string of the molecule is CCOc1cccc2sc(N3CCN(C(=O)COc4ccccc4C)CC3)nc12. The molecule has 2 heterocycles. The molecule has 0 atom stereocenters. The number of hydrogen-bond donors (Lipinski definition) is 0. The van der Waals surface area contributed by atoms with Crippen LogP contribution < -0.4 is 14.4 Å². The van der Waals surface area contributed by atoms with Crippen LogP contribution in [-0.4, -0.2) is 55.2 Å². The number of hydrogen-bond acceptors (Lipinski definition) is 6. The van der Waals surface area contributed by atoms with Crippen molar-refractivity contribution in [2.75, 3.05) is 44.3 Å². The Bertz CT molecular complexity index is 996. The molecule has 0 unspecified atom stereocenters. The Morgan fingerprint density at radius 2 is 1.79 bits per heavy atom. The minimum atomic E-state index is 0.0239. The van der Waals surface area contributed by atoms with Gasteiger partial charge in [0.1, 0.15) is 17.0 Å². The van der Waals surface area contributed by atoms with Crippen LogP contribution in [0.25, 0.3) is 10.2 Å². The van der Waals surface area contributed by atoms with Gasteiger partial charge in [0.25, 0.3) is 5.91 Å². The van der Waals surface area contributed by atoms with E-state index in [1.165, 1.54) is 0 Å². The Morgan fingerprint density at radius 3 is 2.55 bits per heavy atom. The van der Waals surface area contributed by atoms with Crippen molar-refractivity contribution < 1.29 is 14.3 Å². The lowest BCUT2D eigenvalue weighted by Crippen LogP contribution is -2.50. The zero-order valence-electron chi connectivity index (χ0n) is 16.8. The van der Waals surface area contributed by atoms with Crippen LogP contribution in [-0.2, 0) is 4.79 Å². The van der Waals surface area contributed by atoms with E-state index in [9.17, 15) is 4.79 Å². The van der Waals surface area contributed by atoms with E-state index in [0.717, 1.165) is 45.5 Å². The van der Waals surface area contributed by atoms with E-state index in [1.54, 1.807) is 11.3 Å². The Hall–Kier alpha value is -2.80. The molecule has 2 aromatic carbocycles. The second kappa shape index (κ2) is 8.69. The summed E-state index contributed by atoms with van der Waals surface area (Å²) in [5.74, 6) is 1.62. The van der Waals surface area contributed by atoms with Crippen LogP contribution >= 0.6 is 11.3 Å². The average molecular weight is 412 g/mol. The first kappa shape index (κ1) is 19.5. The molecule has 0 N–H and O–H groups in total. The normalized spacial score (nSPS) is 14.3. The van der Waals surface area contributed by atoms with Crippen molar-refractivity contribution in [3.8, 4) is 11.5 Å². The lowest BCUT2D eigenvalue weighted by atomic mass is 10.2. The van der Waals surface area contributed by atoms with E-state index in [-0.39, 0.29) is 12.5 Å². The van der Waals surface area contributed by atoms with Crippen LogP contribution in [0.2, 0.25) is 0 Å². The van der Waals surface area contributed by atoms with Gasteiger partial charge in [-0.3, -0.25) is 4.79 Å². The van der Waals surface area contributed by atoms with Gasteiger partial charge in [0, 0.05) is 26.2 Å². The molecule has 29 heavy (non-hydrogen) atoms. The molecule has 1 saturated heterocycles. The number of carbonyl (C=O) groups excluding carboxylic acids is 1. The van der Waals surface area contributed by atoms with Gasteiger partial charge in [0.15, 0.2) is 11.7 Å². The summed E-state index contributed by atoms with van der Waals surface area (Å²) in [5.41, 5.74) is 1.95. The van der Waals surface area contributed by atoms with E-state index < -0.39 is 0 Å². The predicted molar refractivity (Wildman–Crippen MR) is 116 cm³/mol.